The van der Waals surface area contributed by atoms with Gasteiger partial charge in [0.1, 0.15) is 23.3 Å². The molecule has 24 heavy (non-hydrogen) atoms. The number of rotatable bonds is 5. The van der Waals surface area contributed by atoms with E-state index >= 15 is 0 Å². The Morgan fingerprint density at radius 1 is 1.29 bits per heavy atom. The summed E-state index contributed by atoms with van der Waals surface area (Å²) in [7, 11) is 0. The summed E-state index contributed by atoms with van der Waals surface area (Å²) >= 11 is 5.72. The van der Waals surface area contributed by atoms with Crippen LogP contribution in [0.15, 0.2) is 54.1 Å². The zero-order chi connectivity index (χ0) is 17.5. The Balaban J connectivity index is 2.17. The fraction of sp³-hybridized carbons (Fsp3) is 0.0588. The molecule has 2 rings (SSSR count). The average Bonchev–Trinajstić information content (AvgIpc) is 2.59. The summed E-state index contributed by atoms with van der Waals surface area (Å²) in [5.41, 5.74) is 0.521. The van der Waals surface area contributed by atoms with Crippen molar-refractivity contribution >= 4 is 29.3 Å². The molecule has 0 heterocycles. The van der Waals surface area contributed by atoms with E-state index in [1.165, 1.54) is 24.3 Å². The van der Waals surface area contributed by atoms with Crippen molar-refractivity contribution in [3.8, 4) is 6.07 Å². The zero-order valence-corrected chi connectivity index (χ0v) is 13.1. The second-order valence-corrected chi connectivity index (χ2v) is 5.11. The molecule has 0 aliphatic carbocycles. The molecule has 0 aliphatic heterocycles. The third-order valence-corrected chi connectivity index (χ3v) is 3.35. The number of carbonyl (C=O) groups excluding carboxylic acids is 1. The minimum Gasteiger partial charge on any atom is -0.457 e. The Morgan fingerprint density at radius 3 is 2.62 bits per heavy atom. The number of nitriles is 1. The molecule has 6 nitrogen and oxygen atoms in total. The predicted molar refractivity (Wildman–Crippen MR) is 87.9 cm³/mol. The van der Waals surface area contributed by atoms with Crippen molar-refractivity contribution in [3.05, 3.63) is 80.4 Å². The summed E-state index contributed by atoms with van der Waals surface area (Å²) in [4.78, 5) is 22.2. The molecule has 0 N–H and O–H groups in total. The molecule has 0 fully saturated rings. The van der Waals surface area contributed by atoms with Gasteiger partial charge in [-0.1, -0.05) is 48.0 Å². The fourth-order valence-electron chi connectivity index (χ4n) is 1.86. The molecule has 0 spiro atoms. The highest BCUT2D eigenvalue weighted by molar-refractivity contribution is 6.32. The van der Waals surface area contributed by atoms with Gasteiger partial charge >= 0.3 is 5.97 Å². The van der Waals surface area contributed by atoms with E-state index in [0.717, 1.165) is 5.56 Å². The summed E-state index contributed by atoms with van der Waals surface area (Å²) in [6.07, 6.45) is 1.22. The van der Waals surface area contributed by atoms with Gasteiger partial charge in [0.2, 0.25) is 0 Å². The highest BCUT2D eigenvalue weighted by atomic mass is 35.5. The molecule has 7 heteroatoms. The number of nitro groups is 1. The van der Waals surface area contributed by atoms with Gasteiger partial charge < -0.3 is 4.74 Å². The molecular formula is C17H11ClN2O4. The molecule has 2 aromatic carbocycles. The SMILES string of the molecule is N#CC(=Cc1ccc(Cl)c([N+](=O)[O-])c1)C(=O)OCc1ccccc1. The van der Waals surface area contributed by atoms with Crippen molar-refractivity contribution in [2.24, 2.45) is 0 Å². The lowest BCUT2D eigenvalue weighted by atomic mass is 10.1. The van der Waals surface area contributed by atoms with Gasteiger partial charge in [0, 0.05) is 6.07 Å². The van der Waals surface area contributed by atoms with Crippen molar-refractivity contribution in [2.45, 2.75) is 6.61 Å². The number of benzene rings is 2. The number of carbonyl (C=O) groups is 1. The number of nitrogens with zero attached hydrogens (tertiary/aromatic N) is 2. The summed E-state index contributed by atoms with van der Waals surface area (Å²) < 4.78 is 5.07. The van der Waals surface area contributed by atoms with Crippen molar-refractivity contribution in [3.63, 3.8) is 0 Å². The smallest absolute Gasteiger partial charge is 0.349 e. The first-order chi connectivity index (χ1) is 11.5. The Bertz CT molecular complexity index is 841. The molecule has 0 aromatic heterocycles. The fourth-order valence-corrected chi connectivity index (χ4v) is 2.05. The maximum absolute atomic E-state index is 12.0. The van der Waals surface area contributed by atoms with E-state index in [2.05, 4.69) is 0 Å². The van der Waals surface area contributed by atoms with E-state index in [1.54, 1.807) is 30.3 Å². The van der Waals surface area contributed by atoms with Gasteiger partial charge in [0.25, 0.3) is 5.69 Å². The quantitative estimate of drug-likeness (QED) is 0.270. The third kappa shape index (κ3) is 4.41. The van der Waals surface area contributed by atoms with Crippen LogP contribution < -0.4 is 0 Å². The van der Waals surface area contributed by atoms with E-state index in [-0.39, 0.29) is 22.9 Å². The first-order valence-electron chi connectivity index (χ1n) is 6.78. The average molecular weight is 343 g/mol. The largest absolute Gasteiger partial charge is 0.457 e. The van der Waals surface area contributed by atoms with Gasteiger partial charge in [-0.25, -0.2) is 4.79 Å². The molecule has 0 saturated heterocycles. The molecule has 120 valence electrons. The van der Waals surface area contributed by atoms with E-state index in [0.29, 0.717) is 5.56 Å². The lowest BCUT2D eigenvalue weighted by molar-refractivity contribution is -0.384. The first-order valence-corrected chi connectivity index (χ1v) is 7.16. The standard InChI is InChI=1S/C17H11ClN2O4/c18-15-7-6-13(9-16(15)20(22)23)8-14(10-19)17(21)24-11-12-4-2-1-3-5-12/h1-9H,11H2. The molecule has 0 radical (unpaired) electrons. The summed E-state index contributed by atoms with van der Waals surface area (Å²) in [6, 6.07) is 14.7. The van der Waals surface area contributed by atoms with Gasteiger partial charge in [0.05, 0.1) is 4.92 Å². The van der Waals surface area contributed by atoms with Gasteiger partial charge in [-0.2, -0.15) is 5.26 Å². The van der Waals surface area contributed by atoms with Crippen LogP contribution in [0.1, 0.15) is 11.1 Å². The second kappa shape index (κ2) is 7.90. The maximum Gasteiger partial charge on any atom is 0.349 e. The van der Waals surface area contributed by atoms with Gasteiger partial charge in [-0.05, 0) is 23.3 Å². The molecule has 0 aliphatic rings. The predicted octanol–water partition coefficient (Wildman–Crippen LogP) is 3.90. The van der Waals surface area contributed by atoms with Crippen molar-refractivity contribution in [1.29, 1.82) is 5.26 Å². The van der Waals surface area contributed by atoms with Crippen LogP contribution in [0, 0.1) is 21.4 Å². The van der Waals surface area contributed by atoms with E-state index in [4.69, 9.17) is 21.6 Å². The van der Waals surface area contributed by atoms with Crippen LogP contribution in [0.2, 0.25) is 5.02 Å². The first kappa shape index (κ1) is 17.2. The summed E-state index contributed by atoms with van der Waals surface area (Å²) in [5, 5.41) is 19.9. The van der Waals surface area contributed by atoms with Crippen molar-refractivity contribution in [1.82, 2.24) is 0 Å². The third-order valence-electron chi connectivity index (χ3n) is 3.03. The van der Waals surface area contributed by atoms with Crippen LogP contribution in [0.4, 0.5) is 5.69 Å². The topological polar surface area (TPSA) is 93.2 Å². The minimum absolute atomic E-state index is 0.0256. The highest BCUT2D eigenvalue weighted by Gasteiger charge is 2.15. The zero-order valence-electron chi connectivity index (χ0n) is 12.3. The molecular weight excluding hydrogens is 332 g/mol. The van der Waals surface area contributed by atoms with Crippen LogP contribution in [0.3, 0.4) is 0 Å². The Kier molecular flexibility index (Phi) is 5.66. The second-order valence-electron chi connectivity index (χ2n) is 4.70. The maximum atomic E-state index is 12.0. The van der Waals surface area contributed by atoms with Gasteiger partial charge in [0.15, 0.2) is 0 Å². The highest BCUT2D eigenvalue weighted by Crippen LogP contribution is 2.26. The Labute approximate surface area is 142 Å². The molecule has 0 bridgehead atoms. The number of hydrogen-bond acceptors (Lipinski definition) is 5. The lowest BCUT2D eigenvalue weighted by Crippen LogP contribution is -2.06. The van der Waals surface area contributed by atoms with Crippen LogP contribution >= 0.6 is 11.6 Å². The summed E-state index contributed by atoms with van der Waals surface area (Å²) in [5.74, 6) is -0.807. The van der Waals surface area contributed by atoms with E-state index in [1.807, 2.05) is 6.07 Å². The number of halogens is 1. The van der Waals surface area contributed by atoms with E-state index in [9.17, 15) is 14.9 Å². The van der Waals surface area contributed by atoms with Crippen LogP contribution in [0.25, 0.3) is 6.08 Å². The van der Waals surface area contributed by atoms with Crippen molar-refractivity contribution < 1.29 is 14.5 Å². The Hall–Kier alpha value is -3.17. The van der Waals surface area contributed by atoms with Crippen LogP contribution in [-0.4, -0.2) is 10.9 Å². The summed E-state index contributed by atoms with van der Waals surface area (Å²) in [6.45, 7) is 0.0272. The number of nitro benzene ring substituents is 1. The molecule has 0 amide bonds. The van der Waals surface area contributed by atoms with Crippen molar-refractivity contribution in [2.75, 3.05) is 0 Å². The molecule has 2 aromatic rings. The normalized spacial score (nSPS) is 10.8. The molecule has 0 atom stereocenters. The molecule has 0 unspecified atom stereocenters. The lowest BCUT2D eigenvalue weighted by Gasteiger charge is -2.04. The monoisotopic (exact) mass is 342 g/mol. The molecule has 0 saturated carbocycles. The number of hydrogen-bond donors (Lipinski definition) is 0. The Morgan fingerprint density at radius 2 is 2.00 bits per heavy atom. The number of ether oxygens (including phenoxy) is 1. The van der Waals surface area contributed by atoms with Crippen LogP contribution in [0.5, 0.6) is 0 Å². The van der Waals surface area contributed by atoms with Gasteiger partial charge in [-0.15, -0.1) is 0 Å². The van der Waals surface area contributed by atoms with E-state index < -0.39 is 10.9 Å². The minimum atomic E-state index is -0.807. The number of esters is 1. The van der Waals surface area contributed by atoms with Crippen LogP contribution in [-0.2, 0) is 16.1 Å². The van der Waals surface area contributed by atoms with Gasteiger partial charge in [-0.3, -0.25) is 10.1 Å².